The molecule has 3 rings (SSSR count). The fourth-order valence-corrected chi connectivity index (χ4v) is 3.39. The second-order valence-electron chi connectivity index (χ2n) is 6.82. The van der Waals surface area contributed by atoms with E-state index in [9.17, 15) is 9.59 Å². The molecule has 0 saturated heterocycles. The maximum Gasteiger partial charge on any atom is 0.340 e. The first-order valence-corrected chi connectivity index (χ1v) is 9.64. The molecule has 0 aromatic heterocycles. The maximum atomic E-state index is 13.4. The number of esters is 1. The summed E-state index contributed by atoms with van der Waals surface area (Å²) in [5.74, 6) is 0.336. The van der Waals surface area contributed by atoms with Crippen LogP contribution in [0.5, 0.6) is 11.5 Å². The van der Waals surface area contributed by atoms with Crippen LogP contribution in [0.15, 0.2) is 59.3 Å². The molecule has 0 spiro atoms. The number of benzene rings is 2. The second-order valence-corrected chi connectivity index (χ2v) is 6.82. The van der Waals surface area contributed by atoms with E-state index < -0.39 is 5.97 Å². The molecule has 0 N–H and O–H groups in total. The van der Waals surface area contributed by atoms with Gasteiger partial charge in [-0.1, -0.05) is 17.7 Å². The number of ether oxygens (including phenoxy) is 3. The average molecular weight is 407 g/mol. The zero-order chi connectivity index (χ0) is 21.8. The lowest BCUT2D eigenvalue weighted by Gasteiger charge is -2.18. The van der Waals surface area contributed by atoms with E-state index in [-0.39, 0.29) is 23.7 Å². The summed E-state index contributed by atoms with van der Waals surface area (Å²) in [6.07, 6.45) is 1.65. The van der Waals surface area contributed by atoms with Crippen LogP contribution < -0.4 is 14.4 Å². The van der Waals surface area contributed by atoms with Gasteiger partial charge in [0.1, 0.15) is 11.5 Å². The van der Waals surface area contributed by atoms with Crippen molar-refractivity contribution in [3.05, 3.63) is 70.4 Å². The Morgan fingerprint density at radius 2 is 1.73 bits per heavy atom. The first-order valence-electron chi connectivity index (χ1n) is 9.64. The molecule has 1 aliphatic rings. The SMILES string of the molecule is CCOC(=O)C1=C(C)N(c2ccc(C)cc2)C(=O)/C1=C\c1cc(OC)ccc1OC. The average Bonchev–Trinajstić information content (AvgIpc) is 2.98. The molecule has 6 heteroatoms. The number of amides is 1. The molecule has 0 atom stereocenters. The Bertz CT molecular complexity index is 1030. The highest BCUT2D eigenvalue weighted by atomic mass is 16.5. The van der Waals surface area contributed by atoms with Crippen LogP contribution in [-0.4, -0.2) is 32.7 Å². The Labute approximate surface area is 176 Å². The van der Waals surface area contributed by atoms with Gasteiger partial charge in [0.2, 0.25) is 0 Å². The molecule has 1 heterocycles. The van der Waals surface area contributed by atoms with E-state index in [2.05, 4.69) is 0 Å². The van der Waals surface area contributed by atoms with Crippen molar-refractivity contribution >= 4 is 23.6 Å². The standard InChI is InChI=1S/C24H25NO5/c1-6-30-24(27)22-16(3)25(18-9-7-15(2)8-10-18)23(26)20(22)14-17-13-19(28-4)11-12-21(17)29-5/h7-14H,6H2,1-5H3/b20-14-. The van der Waals surface area contributed by atoms with Crippen molar-refractivity contribution in [2.45, 2.75) is 20.8 Å². The minimum absolute atomic E-state index is 0.212. The van der Waals surface area contributed by atoms with Gasteiger partial charge in [0.05, 0.1) is 32.0 Å². The number of allylic oxidation sites excluding steroid dienone is 1. The molecule has 1 aliphatic heterocycles. The maximum absolute atomic E-state index is 13.4. The van der Waals surface area contributed by atoms with Crippen LogP contribution in [0.4, 0.5) is 5.69 Å². The van der Waals surface area contributed by atoms with Gasteiger partial charge in [-0.15, -0.1) is 0 Å². The van der Waals surface area contributed by atoms with Crippen LogP contribution in [0.2, 0.25) is 0 Å². The van der Waals surface area contributed by atoms with Gasteiger partial charge in [0, 0.05) is 16.9 Å². The summed E-state index contributed by atoms with van der Waals surface area (Å²) >= 11 is 0. The molecule has 0 unspecified atom stereocenters. The highest BCUT2D eigenvalue weighted by Gasteiger charge is 2.38. The minimum atomic E-state index is -0.536. The summed E-state index contributed by atoms with van der Waals surface area (Å²) in [7, 11) is 3.11. The topological polar surface area (TPSA) is 65.1 Å². The number of hydrogen-bond acceptors (Lipinski definition) is 5. The van der Waals surface area contributed by atoms with Crippen LogP contribution in [0.1, 0.15) is 25.0 Å². The lowest BCUT2D eigenvalue weighted by Crippen LogP contribution is -2.24. The number of anilines is 1. The molecule has 6 nitrogen and oxygen atoms in total. The fourth-order valence-electron chi connectivity index (χ4n) is 3.39. The molecule has 2 aromatic rings. The molecule has 0 saturated carbocycles. The summed E-state index contributed by atoms with van der Waals surface area (Å²) in [5, 5.41) is 0. The first-order chi connectivity index (χ1) is 14.4. The third-order valence-electron chi connectivity index (χ3n) is 4.91. The monoisotopic (exact) mass is 407 g/mol. The third kappa shape index (κ3) is 3.94. The second kappa shape index (κ2) is 8.86. The Morgan fingerprint density at radius 1 is 1.03 bits per heavy atom. The van der Waals surface area contributed by atoms with Crippen molar-refractivity contribution in [2.75, 3.05) is 25.7 Å². The van der Waals surface area contributed by atoms with Gasteiger partial charge in [-0.3, -0.25) is 9.69 Å². The predicted molar refractivity (Wildman–Crippen MR) is 116 cm³/mol. The van der Waals surface area contributed by atoms with Crippen molar-refractivity contribution in [3.63, 3.8) is 0 Å². The smallest absolute Gasteiger partial charge is 0.340 e. The third-order valence-corrected chi connectivity index (χ3v) is 4.91. The lowest BCUT2D eigenvalue weighted by molar-refractivity contribution is -0.138. The molecular weight excluding hydrogens is 382 g/mol. The summed E-state index contributed by atoms with van der Waals surface area (Å²) < 4.78 is 16.0. The highest BCUT2D eigenvalue weighted by Crippen LogP contribution is 2.37. The fraction of sp³-hybridized carbons (Fsp3) is 0.250. The Balaban J connectivity index is 2.17. The van der Waals surface area contributed by atoms with Gasteiger partial charge in [-0.05, 0) is 57.2 Å². The van der Waals surface area contributed by atoms with Gasteiger partial charge in [0.15, 0.2) is 0 Å². The highest BCUT2D eigenvalue weighted by molar-refractivity contribution is 6.24. The Kier molecular flexibility index (Phi) is 6.26. The molecule has 0 aliphatic carbocycles. The van der Waals surface area contributed by atoms with Gasteiger partial charge >= 0.3 is 5.97 Å². The van der Waals surface area contributed by atoms with Crippen molar-refractivity contribution in [2.24, 2.45) is 0 Å². The van der Waals surface area contributed by atoms with E-state index in [4.69, 9.17) is 14.2 Å². The number of rotatable bonds is 6. The van der Waals surface area contributed by atoms with Crippen molar-refractivity contribution < 1.29 is 23.8 Å². The predicted octanol–water partition coefficient (Wildman–Crippen LogP) is 4.28. The van der Waals surface area contributed by atoms with Gasteiger partial charge in [-0.2, -0.15) is 0 Å². The van der Waals surface area contributed by atoms with Crippen LogP contribution in [0, 0.1) is 6.92 Å². The molecule has 0 fully saturated rings. The number of hydrogen-bond donors (Lipinski definition) is 0. The van der Waals surface area contributed by atoms with Crippen LogP contribution in [0.3, 0.4) is 0 Å². The minimum Gasteiger partial charge on any atom is -0.497 e. The summed E-state index contributed by atoms with van der Waals surface area (Å²) in [6, 6.07) is 12.8. The van der Waals surface area contributed by atoms with E-state index in [1.165, 1.54) is 4.90 Å². The number of aryl methyl sites for hydroxylation is 1. The van der Waals surface area contributed by atoms with E-state index in [0.717, 1.165) is 5.56 Å². The Hall–Kier alpha value is -3.54. The van der Waals surface area contributed by atoms with Crippen LogP contribution >= 0.6 is 0 Å². The summed E-state index contributed by atoms with van der Waals surface area (Å²) in [6.45, 7) is 5.66. The van der Waals surface area contributed by atoms with E-state index >= 15 is 0 Å². The van der Waals surface area contributed by atoms with Crippen molar-refractivity contribution in [1.82, 2.24) is 0 Å². The van der Waals surface area contributed by atoms with E-state index in [1.807, 2.05) is 31.2 Å². The number of methoxy groups -OCH3 is 2. The van der Waals surface area contributed by atoms with Crippen molar-refractivity contribution in [1.29, 1.82) is 0 Å². The molecule has 0 radical (unpaired) electrons. The quantitative estimate of drug-likeness (QED) is 0.528. The number of carbonyl (C=O) groups excluding carboxylic acids is 2. The zero-order valence-corrected chi connectivity index (χ0v) is 17.8. The zero-order valence-electron chi connectivity index (χ0n) is 17.8. The summed E-state index contributed by atoms with van der Waals surface area (Å²) in [4.78, 5) is 27.7. The van der Waals surface area contributed by atoms with Crippen molar-refractivity contribution in [3.8, 4) is 11.5 Å². The number of carbonyl (C=O) groups is 2. The van der Waals surface area contributed by atoms with E-state index in [1.54, 1.807) is 52.3 Å². The van der Waals surface area contributed by atoms with Crippen LogP contribution in [-0.2, 0) is 14.3 Å². The molecule has 0 bridgehead atoms. The van der Waals surface area contributed by atoms with E-state index in [0.29, 0.717) is 28.4 Å². The lowest BCUT2D eigenvalue weighted by atomic mass is 10.0. The molecular formula is C24H25NO5. The largest absolute Gasteiger partial charge is 0.497 e. The molecule has 1 amide bonds. The Morgan fingerprint density at radius 3 is 2.33 bits per heavy atom. The summed E-state index contributed by atoms with van der Waals surface area (Å²) in [5.41, 5.74) is 3.40. The number of nitrogens with zero attached hydrogens (tertiary/aromatic N) is 1. The normalized spacial score (nSPS) is 15.0. The van der Waals surface area contributed by atoms with Gasteiger partial charge in [0.25, 0.3) is 5.91 Å². The van der Waals surface area contributed by atoms with Gasteiger partial charge < -0.3 is 14.2 Å². The molecule has 30 heavy (non-hydrogen) atoms. The molecule has 2 aromatic carbocycles. The van der Waals surface area contributed by atoms with Crippen LogP contribution in [0.25, 0.3) is 6.08 Å². The molecule has 156 valence electrons. The first kappa shape index (κ1) is 21.2. The van der Waals surface area contributed by atoms with Gasteiger partial charge in [-0.25, -0.2) is 4.79 Å².